The zero-order chi connectivity index (χ0) is 18.0. The van der Waals surface area contributed by atoms with Crippen LogP contribution in [0, 0.1) is 24.1 Å². The van der Waals surface area contributed by atoms with Gasteiger partial charge in [0.15, 0.2) is 0 Å². The van der Waals surface area contributed by atoms with E-state index in [0.717, 1.165) is 16.9 Å². The van der Waals surface area contributed by atoms with Crippen LogP contribution in [0.15, 0.2) is 48.5 Å². The zero-order valence-electron chi connectivity index (χ0n) is 13.9. The van der Waals surface area contributed by atoms with Gasteiger partial charge in [-0.1, -0.05) is 24.3 Å². The average molecular weight is 333 g/mol. The highest BCUT2D eigenvalue weighted by Crippen LogP contribution is 2.39. The fraction of sp³-hybridized carbons (Fsp3) is 0.100. The van der Waals surface area contributed by atoms with Gasteiger partial charge in [-0.25, -0.2) is 9.37 Å². The maximum absolute atomic E-state index is 13.3. The molecule has 25 heavy (non-hydrogen) atoms. The van der Waals surface area contributed by atoms with E-state index in [1.165, 1.54) is 12.1 Å². The van der Waals surface area contributed by atoms with Gasteiger partial charge in [0.25, 0.3) is 0 Å². The summed E-state index contributed by atoms with van der Waals surface area (Å²) in [5.74, 6) is 0.553. The van der Waals surface area contributed by atoms with E-state index in [-0.39, 0.29) is 17.2 Å². The van der Waals surface area contributed by atoms with Gasteiger partial charge in [-0.05, 0) is 42.3 Å². The summed E-state index contributed by atoms with van der Waals surface area (Å²) in [7, 11) is 1.60. The first-order chi connectivity index (χ1) is 12.0. The normalized spacial score (nSPS) is 10.3. The number of rotatable bonds is 3. The Balaban J connectivity index is 2.33. The second-order valence-corrected chi connectivity index (χ2v) is 5.55. The van der Waals surface area contributed by atoms with Crippen molar-refractivity contribution in [2.24, 2.45) is 0 Å². The van der Waals surface area contributed by atoms with Gasteiger partial charge in [0.1, 0.15) is 29.0 Å². The Hall–Kier alpha value is -3.39. The summed E-state index contributed by atoms with van der Waals surface area (Å²) in [5, 5.41) is 9.60. The number of anilines is 1. The molecular formula is C20H16FN3O. The number of aromatic nitrogens is 1. The molecule has 0 amide bonds. The third-order valence-electron chi connectivity index (χ3n) is 4.03. The lowest BCUT2D eigenvalue weighted by atomic mass is 9.90. The number of aryl methyl sites for hydroxylation is 1. The molecule has 0 bridgehead atoms. The number of hydrogen-bond donors (Lipinski definition) is 1. The molecule has 0 saturated carbocycles. The number of benzene rings is 2. The van der Waals surface area contributed by atoms with Crippen LogP contribution in [0.2, 0.25) is 0 Å². The van der Waals surface area contributed by atoms with Crippen LogP contribution in [0.3, 0.4) is 0 Å². The molecule has 2 aromatic carbocycles. The lowest BCUT2D eigenvalue weighted by molar-refractivity contribution is 0.415. The number of pyridine rings is 1. The third kappa shape index (κ3) is 3.02. The zero-order valence-corrected chi connectivity index (χ0v) is 13.9. The van der Waals surface area contributed by atoms with Gasteiger partial charge in [-0.15, -0.1) is 0 Å². The van der Waals surface area contributed by atoms with E-state index < -0.39 is 0 Å². The molecular weight excluding hydrogens is 317 g/mol. The minimum Gasteiger partial charge on any atom is -0.497 e. The highest BCUT2D eigenvalue weighted by atomic mass is 19.1. The van der Waals surface area contributed by atoms with Gasteiger partial charge in [0.05, 0.1) is 7.11 Å². The predicted molar refractivity (Wildman–Crippen MR) is 95.5 cm³/mol. The van der Waals surface area contributed by atoms with Gasteiger partial charge in [0, 0.05) is 16.8 Å². The first kappa shape index (κ1) is 16.5. The Morgan fingerprint density at radius 3 is 2.12 bits per heavy atom. The summed E-state index contributed by atoms with van der Waals surface area (Å²) in [5.41, 5.74) is 9.97. The Kier molecular flexibility index (Phi) is 4.36. The number of nitrogen functional groups attached to an aromatic ring is 1. The number of methoxy groups -OCH3 is 1. The van der Waals surface area contributed by atoms with Crippen molar-refractivity contribution in [1.82, 2.24) is 4.98 Å². The van der Waals surface area contributed by atoms with E-state index >= 15 is 0 Å². The average Bonchev–Trinajstić information content (AvgIpc) is 2.62. The van der Waals surface area contributed by atoms with E-state index in [2.05, 4.69) is 11.1 Å². The minimum atomic E-state index is -0.341. The smallest absolute Gasteiger partial charge is 0.142 e. The van der Waals surface area contributed by atoms with Crippen molar-refractivity contribution < 1.29 is 9.13 Å². The summed E-state index contributed by atoms with van der Waals surface area (Å²) in [4.78, 5) is 4.32. The Morgan fingerprint density at radius 2 is 1.56 bits per heavy atom. The SMILES string of the molecule is COc1ccc(-c2c(C)nc(N)c(C#N)c2-c2ccc(F)cc2)cc1. The molecule has 0 radical (unpaired) electrons. The van der Waals surface area contributed by atoms with E-state index in [4.69, 9.17) is 10.5 Å². The number of hydrogen-bond acceptors (Lipinski definition) is 4. The van der Waals surface area contributed by atoms with Crippen LogP contribution in [-0.2, 0) is 0 Å². The third-order valence-corrected chi connectivity index (χ3v) is 4.03. The molecule has 0 unspecified atom stereocenters. The maximum atomic E-state index is 13.3. The van der Waals surface area contributed by atoms with Crippen LogP contribution in [0.5, 0.6) is 5.75 Å². The lowest BCUT2D eigenvalue weighted by Gasteiger charge is -2.16. The molecule has 124 valence electrons. The number of ether oxygens (including phenoxy) is 1. The van der Waals surface area contributed by atoms with Crippen LogP contribution < -0.4 is 10.5 Å². The number of nitrogens with two attached hydrogens (primary N) is 1. The van der Waals surface area contributed by atoms with Crippen LogP contribution in [0.4, 0.5) is 10.2 Å². The minimum absolute atomic E-state index is 0.164. The monoisotopic (exact) mass is 333 g/mol. The molecule has 0 aliphatic rings. The molecule has 1 heterocycles. The largest absolute Gasteiger partial charge is 0.497 e. The van der Waals surface area contributed by atoms with E-state index in [0.29, 0.717) is 16.8 Å². The fourth-order valence-electron chi connectivity index (χ4n) is 2.86. The van der Waals surface area contributed by atoms with E-state index in [9.17, 15) is 9.65 Å². The number of nitrogens with zero attached hydrogens (tertiary/aromatic N) is 2. The van der Waals surface area contributed by atoms with Crippen LogP contribution in [-0.4, -0.2) is 12.1 Å². The molecule has 0 aliphatic carbocycles. The molecule has 4 nitrogen and oxygen atoms in total. The highest BCUT2D eigenvalue weighted by Gasteiger charge is 2.19. The van der Waals surface area contributed by atoms with Gasteiger partial charge in [0.2, 0.25) is 0 Å². The molecule has 3 aromatic rings. The summed E-state index contributed by atoms with van der Waals surface area (Å²) in [6.07, 6.45) is 0. The van der Waals surface area contributed by atoms with Crippen molar-refractivity contribution in [1.29, 1.82) is 5.26 Å². The van der Waals surface area contributed by atoms with Crippen molar-refractivity contribution in [3.05, 3.63) is 65.6 Å². The molecule has 0 atom stereocenters. The topological polar surface area (TPSA) is 71.9 Å². The molecule has 0 saturated heterocycles. The highest BCUT2D eigenvalue weighted by molar-refractivity contribution is 5.91. The molecule has 0 aliphatic heterocycles. The number of halogens is 1. The van der Waals surface area contributed by atoms with Gasteiger partial charge in [-0.2, -0.15) is 5.26 Å². The van der Waals surface area contributed by atoms with Crippen molar-refractivity contribution in [3.63, 3.8) is 0 Å². The van der Waals surface area contributed by atoms with Crippen molar-refractivity contribution in [2.45, 2.75) is 6.92 Å². The predicted octanol–water partition coefficient (Wildman–Crippen LogP) is 4.33. The lowest BCUT2D eigenvalue weighted by Crippen LogP contribution is -2.03. The summed E-state index contributed by atoms with van der Waals surface area (Å²) < 4.78 is 18.5. The molecule has 0 fully saturated rings. The van der Waals surface area contributed by atoms with Crippen LogP contribution >= 0.6 is 0 Å². The maximum Gasteiger partial charge on any atom is 0.142 e. The van der Waals surface area contributed by atoms with Gasteiger partial charge in [-0.3, -0.25) is 0 Å². The quantitative estimate of drug-likeness (QED) is 0.774. The standard InChI is InChI=1S/C20H16FN3O/c1-12-18(13-5-9-16(25-2)10-6-13)19(17(11-22)20(23)24-12)14-3-7-15(21)8-4-14/h3-10H,1-2H3,(H2,23,24). The van der Waals surface area contributed by atoms with Crippen molar-refractivity contribution in [2.75, 3.05) is 12.8 Å². The Bertz CT molecular complexity index is 958. The Morgan fingerprint density at radius 1 is 1.00 bits per heavy atom. The summed E-state index contributed by atoms with van der Waals surface area (Å²) >= 11 is 0. The summed E-state index contributed by atoms with van der Waals surface area (Å²) in [6.45, 7) is 1.84. The molecule has 1 aromatic heterocycles. The first-order valence-corrected chi connectivity index (χ1v) is 7.65. The van der Waals surface area contributed by atoms with Crippen molar-refractivity contribution >= 4 is 5.82 Å². The Labute approximate surface area is 145 Å². The van der Waals surface area contributed by atoms with Crippen LogP contribution in [0.25, 0.3) is 22.3 Å². The van der Waals surface area contributed by atoms with E-state index in [1.54, 1.807) is 19.2 Å². The van der Waals surface area contributed by atoms with Crippen molar-refractivity contribution in [3.8, 4) is 34.1 Å². The first-order valence-electron chi connectivity index (χ1n) is 7.65. The summed E-state index contributed by atoms with van der Waals surface area (Å²) in [6, 6.07) is 15.6. The molecule has 0 spiro atoms. The second kappa shape index (κ2) is 6.62. The number of nitriles is 1. The fourth-order valence-corrected chi connectivity index (χ4v) is 2.86. The van der Waals surface area contributed by atoms with E-state index in [1.807, 2.05) is 31.2 Å². The molecule has 3 rings (SSSR count). The van der Waals surface area contributed by atoms with Gasteiger partial charge >= 0.3 is 0 Å². The molecule has 2 N–H and O–H groups in total. The second-order valence-electron chi connectivity index (χ2n) is 5.55. The van der Waals surface area contributed by atoms with Crippen LogP contribution in [0.1, 0.15) is 11.3 Å². The van der Waals surface area contributed by atoms with Gasteiger partial charge < -0.3 is 10.5 Å². The molecule has 5 heteroatoms.